The van der Waals surface area contributed by atoms with Gasteiger partial charge in [0.25, 0.3) is 0 Å². The molecule has 0 heterocycles. The Balaban J connectivity index is 2.20. The zero-order valence-corrected chi connectivity index (χ0v) is 10.4. The van der Waals surface area contributed by atoms with Gasteiger partial charge in [0.2, 0.25) is 0 Å². The number of rotatable bonds is 4. The summed E-state index contributed by atoms with van der Waals surface area (Å²) in [6, 6.07) is 14.6. The summed E-state index contributed by atoms with van der Waals surface area (Å²) in [5.41, 5.74) is 1.08. The van der Waals surface area contributed by atoms with Crippen LogP contribution in [0, 0.1) is 0 Å². The summed E-state index contributed by atoms with van der Waals surface area (Å²) < 4.78 is 5.54. The van der Waals surface area contributed by atoms with E-state index in [0.29, 0.717) is 17.3 Å². The van der Waals surface area contributed by atoms with Crippen LogP contribution >= 0.6 is 12.6 Å². The van der Waals surface area contributed by atoms with E-state index < -0.39 is 5.97 Å². The van der Waals surface area contributed by atoms with Crippen LogP contribution in [0.1, 0.15) is 15.9 Å². The van der Waals surface area contributed by atoms with Gasteiger partial charge in [-0.25, -0.2) is 4.79 Å². The van der Waals surface area contributed by atoms with Crippen molar-refractivity contribution in [2.45, 2.75) is 11.5 Å². The minimum Gasteiger partial charge on any atom is -0.488 e. The third-order valence-electron chi connectivity index (χ3n) is 2.46. The van der Waals surface area contributed by atoms with Crippen molar-refractivity contribution in [1.29, 1.82) is 0 Å². The number of hydrogen-bond donors (Lipinski definition) is 2. The van der Waals surface area contributed by atoms with Gasteiger partial charge in [0, 0.05) is 4.90 Å². The molecule has 0 bridgehead atoms. The van der Waals surface area contributed by atoms with E-state index in [0.717, 1.165) is 5.56 Å². The number of benzene rings is 2. The van der Waals surface area contributed by atoms with Crippen molar-refractivity contribution in [1.82, 2.24) is 0 Å². The third kappa shape index (κ3) is 2.84. The van der Waals surface area contributed by atoms with Gasteiger partial charge in [0.15, 0.2) is 0 Å². The third-order valence-corrected chi connectivity index (χ3v) is 2.83. The van der Waals surface area contributed by atoms with Crippen LogP contribution in [-0.2, 0) is 6.61 Å². The van der Waals surface area contributed by atoms with Gasteiger partial charge in [-0.3, -0.25) is 0 Å². The standard InChI is InChI=1S/C14H12O3S/c15-14(16)13-11(7-4-8-12(13)18)17-9-10-5-2-1-3-6-10/h1-8,18H,9H2,(H,15,16). The fourth-order valence-electron chi connectivity index (χ4n) is 1.59. The largest absolute Gasteiger partial charge is 0.488 e. The Bertz CT molecular complexity index is 552. The molecule has 4 heteroatoms. The molecule has 0 atom stereocenters. The average Bonchev–Trinajstić information content (AvgIpc) is 2.37. The summed E-state index contributed by atoms with van der Waals surface area (Å²) in [5.74, 6) is -0.706. The zero-order chi connectivity index (χ0) is 13.0. The second-order valence-corrected chi connectivity index (χ2v) is 4.21. The van der Waals surface area contributed by atoms with E-state index in [4.69, 9.17) is 9.84 Å². The van der Waals surface area contributed by atoms with Gasteiger partial charge in [-0.15, -0.1) is 12.6 Å². The zero-order valence-electron chi connectivity index (χ0n) is 9.54. The summed E-state index contributed by atoms with van der Waals surface area (Å²) >= 11 is 4.13. The van der Waals surface area contributed by atoms with Gasteiger partial charge in [-0.2, -0.15) is 0 Å². The summed E-state index contributed by atoms with van der Waals surface area (Å²) in [5, 5.41) is 9.11. The SMILES string of the molecule is O=C(O)c1c(S)cccc1OCc1ccccc1. The van der Waals surface area contributed by atoms with Crippen molar-refractivity contribution in [3.8, 4) is 5.75 Å². The summed E-state index contributed by atoms with van der Waals surface area (Å²) in [6.45, 7) is 0.332. The summed E-state index contributed by atoms with van der Waals surface area (Å²) in [7, 11) is 0. The van der Waals surface area contributed by atoms with E-state index in [9.17, 15) is 4.79 Å². The molecule has 0 saturated heterocycles. The lowest BCUT2D eigenvalue weighted by atomic mass is 10.2. The van der Waals surface area contributed by atoms with Crippen molar-refractivity contribution in [2.24, 2.45) is 0 Å². The molecule has 0 aliphatic rings. The fraction of sp³-hybridized carbons (Fsp3) is 0.0714. The van der Waals surface area contributed by atoms with Gasteiger partial charge in [0.1, 0.15) is 17.9 Å². The highest BCUT2D eigenvalue weighted by molar-refractivity contribution is 7.80. The van der Waals surface area contributed by atoms with E-state index in [1.165, 1.54) is 0 Å². The molecule has 2 rings (SSSR count). The first-order chi connectivity index (χ1) is 8.68. The maximum absolute atomic E-state index is 11.1. The number of carboxylic acid groups (broad SMARTS) is 1. The first kappa shape index (κ1) is 12.5. The van der Waals surface area contributed by atoms with Crippen molar-refractivity contribution < 1.29 is 14.6 Å². The van der Waals surface area contributed by atoms with Crippen molar-refractivity contribution in [3.05, 3.63) is 59.7 Å². The number of aromatic carboxylic acids is 1. The van der Waals surface area contributed by atoms with E-state index in [1.54, 1.807) is 18.2 Å². The molecule has 18 heavy (non-hydrogen) atoms. The maximum atomic E-state index is 11.1. The molecule has 0 fully saturated rings. The lowest BCUT2D eigenvalue weighted by molar-refractivity contribution is 0.0687. The molecule has 0 aliphatic heterocycles. The molecule has 0 spiro atoms. The highest BCUT2D eigenvalue weighted by Crippen LogP contribution is 2.25. The van der Waals surface area contributed by atoms with Gasteiger partial charge < -0.3 is 9.84 Å². The summed E-state index contributed by atoms with van der Waals surface area (Å²) in [6.07, 6.45) is 0. The molecule has 0 radical (unpaired) electrons. The Morgan fingerprint density at radius 3 is 2.50 bits per heavy atom. The second-order valence-electron chi connectivity index (χ2n) is 3.73. The average molecular weight is 260 g/mol. The van der Waals surface area contributed by atoms with Gasteiger partial charge in [-0.1, -0.05) is 36.4 Å². The number of hydrogen-bond acceptors (Lipinski definition) is 3. The molecule has 1 N–H and O–H groups in total. The van der Waals surface area contributed by atoms with Crippen LogP contribution in [0.3, 0.4) is 0 Å². The molecule has 92 valence electrons. The molecule has 0 saturated carbocycles. The van der Waals surface area contributed by atoms with Crippen LogP contribution in [-0.4, -0.2) is 11.1 Å². The topological polar surface area (TPSA) is 46.5 Å². The lowest BCUT2D eigenvalue weighted by Crippen LogP contribution is -2.04. The Morgan fingerprint density at radius 2 is 1.83 bits per heavy atom. The monoisotopic (exact) mass is 260 g/mol. The Labute approximate surface area is 110 Å². The fourth-order valence-corrected chi connectivity index (χ4v) is 1.88. The Kier molecular flexibility index (Phi) is 3.89. The molecule has 0 aliphatic carbocycles. The highest BCUT2D eigenvalue weighted by atomic mass is 32.1. The van der Waals surface area contributed by atoms with Gasteiger partial charge >= 0.3 is 5.97 Å². The molecule has 2 aromatic rings. The molecular weight excluding hydrogens is 248 g/mol. The molecule has 0 amide bonds. The molecule has 0 unspecified atom stereocenters. The number of carboxylic acids is 1. The van der Waals surface area contributed by atoms with Crippen molar-refractivity contribution in [2.75, 3.05) is 0 Å². The predicted octanol–water partition coefficient (Wildman–Crippen LogP) is 3.25. The second kappa shape index (κ2) is 5.60. The van der Waals surface area contributed by atoms with Crippen LogP contribution in [0.15, 0.2) is 53.4 Å². The minimum atomic E-state index is -1.04. The molecule has 2 aromatic carbocycles. The normalized spacial score (nSPS) is 10.1. The molecular formula is C14H12O3S. The Hall–Kier alpha value is -1.94. The van der Waals surface area contributed by atoms with E-state index in [1.807, 2.05) is 30.3 Å². The van der Waals surface area contributed by atoms with Gasteiger partial charge in [0.05, 0.1) is 0 Å². The maximum Gasteiger partial charge on any atom is 0.340 e. The lowest BCUT2D eigenvalue weighted by Gasteiger charge is -2.10. The Morgan fingerprint density at radius 1 is 1.11 bits per heavy atom. The van der Waals surface area contributed by atoms with Crippen LogP contribution in [0.2, 0.25) is 0 Å². The number of thiol groups is 1. The highest BCUT2D eigenvalue weighted by Gasteiger charge is 2.14. The quantitative estimate of drug-likeness (QED) is 0.829. The van der Waals surface area contributed by atoms with Crippen LogP contribution in [0.4, 0.5) is 0 Å². The van der Waals surface area contributed by atoms with E-state index in [-0.39, 0.29) is 5.56 Å². The molecule has 0 aromatic heterocycles. The van der Waals surface area contributed by atoms with Crippen LogP contribution in [0.5, 0.6) is 5.75 Å². The van der Waals surface area contributed by atoms with E-state index in [2.05, 4.69) is 12.6 Å². The van der Waals surface area contributed by atoms with Crippen molar-refractivity contribution >= 4 is 18.6 Å². The van der Waals surface area contributed by atoms with Gasteiger partial charge in [-0.05, 0) is 17.7 Å². The number of carbonyl (C=O) groups is 1. The summed E-state index contributed by atoms with van der Waals surface area (Å²) in [4.78, 5) is 11.5. The van der Waals surface area contributed by atoms with Crippen LogP contribution in [0.25, 0.3) is 0 Å². The van der Waals surface area contributed by atoms with Crippen LogP contribution < -0.4 is 4.74 Å². The molecule has 3 nitrogen and oxygen atoms in total. The van der Waals surface area contributed by atoms with E-state index >= 15 is 0 Å². The van der Waals surface area contributed by atoms with Crippen molar-refractivity contribution in [3.63, 3.8) is 0 Å². The minimum absolute atomic E-state index is 0.0942. The smallest absolute Gasteiger partial charge is 0.340 e. The predicted molar refractivity (Wildman–Crippen MR) is 71.4 cm³/mol. The first-order valence-corrected chi connectivity index (χ1v) is 5.85. The number of ether oxygens (including phenoxy) is 1. The first-order valence-electron chi connectivity index (χ1n) is 5.40.